The molecule has 2 N–H and O–H groups in total. The Hall–Kier alpha value is -1.91. The Labute approximate surface area is 218 Å². The lowest BCUT2D eigenvalue weighted by molar-refractivity contribution is -0.124. The zero-order chi connectivity index (χ0) is 26.6. The predicted octanol–water partition coefficient (Wildman–Crippen LogP) is 4.39. The maximum atomic E-state index is 15.6. The smallest absolute Gasteiger partial charge is 0.221 e. The molecule has 0 aromatic heterocycles. The molecule has 9 heteroatoms. The molecule has 0 unspecified atom stereocenters. The highest BCUT2D eigenvalue weighted by atomic mass is 32.2. The lowest BCUT2D eigenvalue weighted by Gasteiger charge is -2.54. The number of ether oxygens (including phenoxy) is 1. The Kier molecular flexibility index (Phi) is 6.76. The molecule has 1 aliphatic carbocycles. The van der Waals surface area contributed by atoms with Crippen LogP contribution in [-0.2, 0) is 26.8 Å². The molecule has 2 aliphatic heterocycles. The predicted molar refractivity (Wildman–Crippen MR) is 137 cm³/mol. The van der Waals surface area contributed by atoms with Gasteiger partial charge in [-0.3, -0.25) is 0 Å². The van der Waals surface area contributed by atoms with Gasteiger partial charge in [0, 0.05) is 35.7 Å². The number of hydrogen-bond donors (Lipinski definition) is 2. The molecule has 2 aromatic carbocycles. The maximum Gasteiger partial charge on any atom is 0.221 e. The van der Waals surface area contributed by atoms with E-state index in [0.29, 0.717) is 38.2 Å². The third-order valence-corrected chi connectivity index (χ3v) is 10.7. The van der Waals surface area contributed by atoms with Crippen molar-refractivity contribution in [3.63, 3.8) is 0 Å². The van der Waals surface area contributed by atoms with Crippen molar-refractivity contribution >= 4 is 10.0 Å². The average Bonchev–Trinajstić information content (AvgIpc) is 2.80. The molecular formula is C28H36F2N2O4S. The van der Waals surface area contributed by atoms with E-state index in [1.54, 1.807) is 31.2 Å². The van der Waals surface area contributed by atoms with Gasteiger partial charge in [-0.25, -0.2) is 17.2 Å². The van der Waals surface area contributed by atoms with Gasteiger partial charge in [0.1, 0.15) is 16.9 Å². The fourth-order valence-electron chi connectivity index (χ4n) is 6.19. The van der Waals surface area contributed by atoms with Crippen molar-refractivity contribution in [1.82, 2.24) is 9.62 Å². The maximum absolute atomic E-state index is 15.6. The van der Waals surface area contributed by atoms with Gasteiger partial charge in [0.05, 0.1) is 24.4 Å². The van der Waals surface area contributed by atoms with Crippen molar-refractivity contribution < 1.29 is 27.0 Å². The van der Waals surface area contributed by atoms with Crippen molar-refractivity contribution in [1.29, 1.82) is 0 Å². The number of benzene rings is 2. The van der Waals surface area contributed by atoms with Crippen LogP contribution in [0.5, 0.6) is 0 Å². The van der Waals surface area contributed by atoms with Crippen molar-refractivity contribution in [2.75, 3.05) is 19.8 Å². The van der Waals surface area contributed by atoms with Crippen LogP contribution in [0, 0.1) is 17.0 Å². The van der Waals surface area contributed by atoms with Crippen LogP contribution in [0.25, 0.3) is 0 Å². The first kappa shape index (κ1) is 26.7. The van der Waals surface area contributed by atoms with Crippen LogP contribution in [0.4, 0.5) is 8.78 Å². The van der Waals surface area contributed by atoms with Crippen LogP contribution in [0.2, 0.25) is 0 Å². The first-order chi connectivity index (χ1) is 17.3. The number of nitrogens with zero attached hydrogens (tertiary/aromatic N) is 1. The van der Waals surface area contributed by atoms with Crippen LogP contribution in [-0.4, -0.2) is 49.2 Å². The van der Waals surface area contributed by atoms with Crippen LogP contribution < -0.4 is 5.32 Å². The second kappa shape index (κ2) is 9.38. The molecule has 3 aliphatic rings. The Bertz CT molecular complexity index is 1260. The van der Waals surface area contributed by atoms with Gasteiger partial charge in [-0.15, -0.1) is 0 Å². The molecule has 0 bridgehead atoms. The van der Waals surface area contributed by atoms with Gasteiger partial charge in [-0.05, 0) is 57.2 Å². The summed E-state index contributed by atoms with van der Waals surface area (Å²) in [5.41, 5.74) is -1.08. The summed E-state index contributed by atoms with van der Waals surface area (Å²) in [6.45, 7) is 7.07. The van der Waals surface area contributed by atoms with Gasteiger partial charge in [-0.1, -0.05) is 37.3 Å². The first-order valence-corrected chi connectivity index (χ1v) is 14.4. The highest BCUT2D eigenvalue weighted by Crippen LogP contribution is 2.50. The largest absolute Gasteiger partial charge is 0.390 e. The van der Waals surface area contributed by atoms with Crippen molar-refractivity contribution in [3.05, 3.63) is 70.8 Å². The fourth-order valence-corrected chi connectivity index (χ4v) is 8.38. The minimum absolute atomic E-state index is 0.00553. The number of hydrogen-bond acceptors (Lipinski definition) is 5. The third kappa shape index (κ3) is 4.96. The minimum Gasteiger partial charge on any atom is -0.390 e. The van der Waals surface area contributed by atoms with Crippen LogP contribution in [0.15, 0.2) is 42.5 Å². The van der Waals surface area contributed by atoms with Crippen molar-refractivity contribution in [3.8, 4) is 0 Å². The fraction of sp³-hybridized carbons (Fsp3) is 0.571. The SMILES string of the molecule is C[C@H]1CC[C@H](c2ccccc2)S(=O)(=O)N1Cc1cc(F)c([C@]2(NCC3(C)COC3)C[C@](C)(O)C2)cc1F. The monoisotopic (exact) mass is 534 g/mol. The van der Waals surface area contributed by atoms with E-state index in [0.717, 1.165) is 6.07 Å². The van der Waals surface area contributed by atoms with E-state index in [9.17, 15) is 13.5 Å². The summed E-state index contributed by atoms with van der Waals surface area (Å²) in [5, 5.41) is 13.2. The quantitative estimate of drug-likeness (QED) is 0.551. The number of aliphatic hydroxyl groups is 1. The molecule has 2 aromatic rings. The molecule has 202 valence electrons. The van der Waals surface area contributed by atoms with Gasteiger partial charge in [0.2, 0.25) is 10.0 Å². The van der Waals surface area contributed by atoms with Gasteiger partial charge >= 0.3 is 0 Å². The van der Waals surface area contributed by atoms with Gasteiger partial charge in [0.25, 0.3) is 0 Å². The number of halogens is 2. The van der Waals surface area contributed by atoms with Gasteiger partial charge in [-0.2, -0.15) is 4.31 Å². The summed E-state index contributed by atoms with van der Waals surface area (Å²) >= 11 is 0. The van der Waals surface area contributed by atoms with E-state index in [-0.39, 0.29) is 42.0 Å². The van der Waals surface area contributed by atoms with E-state index >= 15 is 8.78 Å². The van der Waals surface area contributed by atoms with E-state index in [1.807, 2.05) is 13.0 Å². The Balaban J connectivity index is 1.41. The van der Waals surface area contributed by atoms with E-state index in [1.165, 1.54) is 10.4 Å². The zero-order valence-electron chi connectivity index (χ0n) is 21.6. The zero-order valence-corrected chi connectivity index (χ0v) is 22.5. The molecule has 2 saturated heterocycles. The highest BCUT2D eigenvalue weighted by molar-refractivity contribution is 7.89. The molecule has 0 spiro atoms. The van der Waals surface area contributed by atoms with Crippen molar-refractivity contribution in [2.45, 2.75) is 75.4 Å². The summed E-state index contributed by atoms with van der Waals surface area (Å²) in [6, 6.07) is 11.0. The average molecular weight is 535 g/mol. The van der Waals surface area contributed by atoms with Gasteiger partial charge in [0.15, 0.2) is 0 Å². The topological polar surface area (TPSA) is 78.9 Å². The summed E-state index contributed by atoms with van der Waals surface area (Å²) in [6.07, 6.45) is 1.62. The molecular weight excluding hydrogens is 498 g/mol. The Morgan fingerprint density at radius 3 is 2.35 bits per heavy atom. The van der Waals surface area contributed by atoms with E-state index in [2.05, 4.69) is 12.2 Å². The second-order valence-electron chi connectivity index (χ2n) is 11.9. The minimum atomic E-state index is -3.78. The van der Waals surface area contributed by atoms with Crippen LogP contribution in [0.3, 0.4) is 0 Å². The lowest BCUT2D eigenvalue weighted by atomic mass is 9.62. The standard InChI is InChI=1S/C28H36F2N2O4S/c1-19-9-10-25(20-7-5-4-6-8-20)37(34,35)32(19)13-21-11-24(30)22(12-23(21)29)28(14-27(3,33)15-28)31-16-26(2)17-36-18-26/h4-8,11-12,19,25,31,33H,9-10,13-18H2,1-3H3/t19-,25+,27-,28-/m0/s1. The molecule has 6 nitrogen and oxygen atoms in total. The lowest BCUT2D eigenvalue weighted by Crippen LogP contribution is -2.63. The van der Waals surface area contributed by atoms with Crippen LogP contribution in [0.1, 0.15) is 68.4 Å². The summed E-state index contributed by atoms with van der Waals surface area (Å²) in [5.74, 6) is -1.25. The van der Waals surface area contributed by atoms with E-state index < -0.39 is 38.0 Å². The number of rotatable bonds is 7. The molecule has 2 atom stereocenters. The summed E-state index contributed by atoms with van der Waals surface area (Å²) in [4.78, 5) is 0. The Morgan fingerprint density at radius 2 is 1.76 bits per heavy atom. The highest BCUT2D eigenvalue weighted by Gasteiger charge is 2.54. The third-order valence-electron chi connectivity index (χ3n) is 8.29. The summed E-state index contributed by atoms with van der Waals surface area (Å²) in [7, 11) is -3.78. The molecule has 0 radical (unpaired) electrons. The first-order valence-electron chi connectivity index (χ1n) is 12.9. The normalized spacial score (nSPS) is 32.9. The molecule has 37 heavy (non-hydrogen) atoms. The summed E-state index contributed by atoms with van der Waals surface area (Å²) < 4.78 is 64.9. The molecule has 2 heterocycles. The molecule has 3 fully saturated rings. The van der Waals surface area contributed by atoms with E-state index in [4.69, 9.17) is 4.74 Å². The number of nitrogens with one attached hydrogen (secondary N) is 1. The van der Waals surface area contributed by atoms with Crippen LogP contribution >= 0.6 is 0 Å². The second-order valence-corrected chi connectivity index (χ2v) is 14.0. The Morgan fingerprint density at radius 1 is 1.08 bits per heavy atom. The molecule has 0 amide bonds. The number of sulfonamides is 1. The van der Waals surface area contributed by atoms with Crippen molar-refractivity contribution in [2.24, 2.45) is 5.41 Å². The molecule has 1 saturated carbocycles. The van der Waals surface area contributed by atoms with Gasteiger partial charge < -0.3 is 15.2 Å². The molecule has 5 rings (SSSR count).